The summed E-state index contributed by atoms with van der Waals surface area (Å²) in [5, 5.41) is 0. The maximum absolute atomic E-state index is 5.60. The third-order valence-electron chi connectivity index (χ3n) is 2.10. The molecule has 0 amide bonds. The molecule has 0 spiro atoms. The monoisotopic (exact) mass is 195 g/mol. The zero-order chi connectivity index (χ0) is 10.4. The van der Waals surface area contributed by atoms with Crippen LogP contribution in [-0.4, -0.2) is 32.3 Å². The molecule has 0 aliphatic rings. The third-order valence-corrected chi connectivity index (χ3v) is 2.10. The van der Waals surface area contributed by atoms with Gasteiger partial charge in [0.25, 0.3) is 0 Å². The van der Waals surface area contributed by atoms with Crippen molar-refractivity contribution < 1.29 is 4.74 Å². The second-order valence-corrected chi connectivity index (χ2v) is 3.09. The van der Waals surface area contributed by atoms with Gasteiger partial charge >= 0.3 is 0 Å². The number of anilines is 1. The molecule has 0 bridgehead atoms. The standard InChI is InChI=1S/C10H17N3O/c1-13(6-7-14-2)10-4-3-5-12-9(10)8-11/h3-5H,6-8,11H2,1-2H3. The maximum atomic E-state index is 5.60. The van der Waals surface area contributed by atoms with Crippen LogP contribution in [0.5, 0.6) is 0 Å². The van der Waals surface area contributed by atoms with Crippen LogP contribution in [0.2, 0.25) is 0 Å². The molecule has 78 valence electrons. The van der Waals surface area contributed by atoms with E-state index in [-0.39, 0.29) is 0 Å². The highest BCUT2D eigenvalue weighted by atomic mass is 16.5. The maximum Gasteiger partial charge on any atom is 0.0772 e. The first-order chi connectivity index (χ1) is 6.79. The normalized spacial score (nSPS) is 10.2. The minimum Gasteiger partial charge on any atom is -0.383 e. The molecule has 0 aliphatic carbocycles. The second-order valence-electron chi connectivity index (χ2n) is 3.09. The highest BCUT2D eigenvalue weighted by Crippen LogP contribution is 2.15. The molecule has 4 heteroatoms. The molecule has 1 aromatic heterocycles. The lowest BCUT2D eigenvalue weighted by Crippen LogP contribution is -2.24. The average Bonchev–Trinajstić information content (AvgIpc) is 2.25. The Hall–Kier alpha value is -1.13. The number of methoxy groups -OCH3 is 1. The first-order valence-electron chi connectivity index (χ1n) is 4.63. The molecule has 0 saturated heterocycles. The van der Waals surface area contributed by atoms with Gasteiger partial charge in [0.15, 0.2) is 0 Å². The topological polar surface area (TPSA) is 51.4 Å². The highest BCUT2D eigenvalue weighted by Gasteiger charge is 2.05. The Balaban J connectivity index is 2.72. The molecule has 0 aromatic carbocycles. The van der Waals surface area contributed by atoms with Gasteiger partial charge in [-0.25, -0.2) is 0 Å². The zero-order valence-corrected chi connectivity index (χ0v) is 8.73. The van der Waals surface area contributed by atoms with Crippen LogP contribution in [0.3, 0.4) is 0 Å². The quantitative estimate of drug-likeness (QED) is 0.748. The highest BCUT2D eigenvalue weighted by molar-refractivity contribution is 5.49. The molecule has 4 nitrogen and oxygen atoms in total. The van der Waals surface area contributed by atoms with Gasteiger partial charge in [0.05, 0.1) is 18.0 Å². The van der Waals surface area contributed by atoms with Crippen LogP contribution in [0.1, 0.15) is 5.69 Å². The average molecular weight is 195 g/mol. The number of ether oxygens (including phenoxy) is 1. The fourth-order valence-corrected chi connectivity index (χ4v) is 1.28. The SMILES string of the molecule is COCCN(C)c1cccnc1CN. The third kappa shape index (κ3) is 2.68. The molecule has 0 fully saturated rings. The lowest BCUT2D eigenvalue weighted by Gasteiger charge is -2.20. The Morgan fingerprint density at radius 1 is 1.57 bits per heavy atom. The minimum absolute atomic E-state index is 0.466. The van der Waals surface area contributed by atoms with Gasteiger partial charge in [-0.1, -0.05) is 0 Å². The fourth-order valence-electron chi connectivity index (χ4n) is 1.28. The largest absolute Gasteiger partial charge is 0.383 e. The van der Waals surface area contributed by atoms with Crippen LogP contribution in [0, 0.1) is 0 Å². The number of aromatic nitrogens is 1. The van der Waals surface area contributed by atoms with E-state index in [0.717, 1.165) is 17.9 Å². The Kier molecular flexibility index (Phi) is 4.35. The van der Waals surface area contributed by atoms with Crippen molar-refractivity contribution in [1.29, 1.82) is 0 Å². The van der Waals surface area contributed by atoms with Crippen LogP contribution in [-0.2, 0) is 11.3 Å². The van der Waals surface area contributed by atoms with Crippen molar-refractivity contribution in [3.63, 3.8) is 0 Å². The number of rotatable bonds is 5. The van der Waals surface area contributed by atoms with Crippen LogP contribution >= 0.6 is 0 Å². The van der Waals surface area contributed by atoms with Crippen molar-refractivity contribution in [2.45, 2.75) is 6.54 Å². The van der Waals surface area contributed by atoms with E-state index in [1.165, 1.54) is 0 Å². The molecule has 0 unspecified atom stereocenters. The molecule has 0 saturated carbocycles. The predicted octanol–water partition coefficient (Wildman–Crippen LogP) is 0.623. The summed E-state index contributed by atoms with van der Waals surface area (Å²) in [5.41, 5.74) is 7.59. The van der Waals surface area contributed by atoms with Gasteiger partial charge in [0.2, 0.25) is 0 Å². The summed E-state index contributed by atoms with van der Waals surface area (Å²) in [5.74, 6) is 0. The summed E-state index contributed by atoms with van der Waals surface area (Å²) in [6, 6.07) is 3.93. The van der Waals surface area contributed by atoms with Crippen molar-refractivity contribution in [3.05, 3.63) is 24.0 Å². The van der Waals surface area contributed by atoms with Gasteiger partial charge in [0, 0.05) is 33.4 Å². The molecule has 14 heavy (non-hydrogen) atoms. The van der Waals surface area contributed by atoms with E-state index in [0.29, 0.717) is 13.2 Å². The van der Waals surface area contributed by atoms with Gasteiger partial charge in [0.1, 0.15) is 0 Å². The lowest BCUT2D eigenvalue weighted by atomic mass is 10.2. The number of hydrogen-bond acceptors (Lipinski definition) is 4. The van der Waals surface area contributed by atoms with E-state index in [1.54, 1.807) is 13.3 Å². The number of nitrogens with zero attached hydrogens (tertiary/aromatic N) is 2. The summed E-state index contributed by atoms with van der Waals surface area (Å²) in [6.07, 6.45) is 1.76. The molecule has 1 rings (SSSR count). The first kappa shape index (κ1) is 10.9. The van der Waals surface area contributed by atoms with Crippen LogP contribution in [0.15, 0.2) is 18.3 Å². The van der Waals surface area contributed by atoms with Gasteiger partial charge in [-0.2, -0.15) is 0 Å². The number of hydrogen-bond donors (Lipinski definition) is 1. The molecular formula is C10H17N3O. The number of likely N-dealkylation sites (N-methyl/N-ethyl adjacent to an activating group) is 1. The molecule has 0 aliphatic heterocycles. The predicted molar refractivity (Wildman–Crippen MR) is 57.3 cm³/mol. The van der Waals surface area contributed by atoms with E-state index >= 15 is 0 Å². The Labute approximate surface area is 84.7 Å². The summed E-state index contributed by atoms with van der Waals surface area (Å²) in [7, 11) is 3.70. The smallest absolute Gasteiger partial charge is 0.0772 e. The molecule has 1 heterocycles. The Morgan fingerprint density at radius 2 is 2.36 bits per heavy atom. The summed E-state index contributed by atoms with van der Waals surface area (Å²) in [6.45, 7) is 2.01. The van der Waals surface area contributed by atoms with E-state index in [2.05, 4.69) is 9.88 Å². The summed E-state index contributed by atoms with van der Waals surface area (Å²) >= 11 is 0. The number of pyridine rings is 1. The second kappa shape index (κ2) is 5.57. The van der Waals surface area contributed by atoms with E-state index in [4.69, 9.17) is 10.5 Å². The van der Waals surface area contributed by atoms with E-state index < -0.39 is 0 Å². The molecule has 1 aromatic rings. The summed E-state index contributed by atoms with van der Waals surface area (Å²) < 4.78 is 5.01. The van der Waals surface area contributed by atoms with Crippen molar-refractivity contribution in [3.8, 4) is 0 Å². The zero-order valence-electron chi connectivity index (χ0n) is 8.73. The van der Waals surface area contributed by atoms with E-state index in [1.807, 2.05) is 19.2 Å². The molecular weight excluding hydrogens is 178 g/mol. The van der Waals surface area contributed by atoms with Gasteiger partial charge in [-0.15, -0.1) is 0 Å². The van der Waals surface area contributed by atoms with Crippen molar-refractivity contribution >= 4 is 5.69 Å². The van der Waals surface area contributed by atoms with Crippen LogP contribution in [0.25, 0.3) is 0 Å². The van der Waals surface area contributed by atoms with Crippen molar-refractivity contribution in [1.82, 2.24) is 4.98 Å². The van der Waals surface area contributed by atoms with Gasteiger partial charge < -0.3 is 15.4 Å². The Morgan fingerprint density at radius 3 is 3.00 bits per heavy atom. The number of nitrogens with two attached hydrogens (primary N) is 1. The van der Waals surface area contributed by atoms with Gasteiger partial charge in [-0.05, 0) is 12.1 Å². The van der Waals surface area contributed by atoms with Crippen LogP contribution < -0.4 is 10.6 Å². The molecule has 0 atom stereocenters. The summed E-state index contributed by atoms with van der Waals surface area (Å²) in [4.78, 5) is 6.31. The molecule has 2 N–H and O–H groups in total. The fraction of sp³-hybridized carbons (Fsp3) is 0.500. The molecule has 0 radical (unpaired) electrons. The van der Waals surface area contributed by atoms with Crippen molar-refractivity contribution in [2.75, 3.05) is 32.2 Å². The van der Waals surface area contributed by atoms with Crippen molar-refractivity contribution in [2.24, 2.45) is 5.73 Å². The lowest BCUT2D eigenvalue weighted by molar-refractivity contribution is 0.206. The van der Waals surface area contributed by atoms with E-state index in [9.17, 15) is 0 Å². The minimum atomic E-state index is 0.466. The van der Waals surface area contributed by atoms with Crippen LogP contribution in [0.4, 0.5) is 5.69 Å². The Bertz CT molecular complexity index is 278. The first-order valence-corrected chi connectivity index (χ1v) is 4.63. The van der Waals surface area contributed by atoms with Gasteiger partial charge in [-0.3, -0.25) is 4.98 Å².